The number of para-hydroxylation sites is 1. The summed E-state index contributed by atoms with van der Waals surface area (Å²) in [5.74, 6) is 0.548. The lowest BCUT2D eigenvalue weighted by Crippen LogP contribution is -2.48. The van der Waals surface area contributed by atoms with Gasteiger partial charge in [0.15, 0.2) is 0 Å². The molecule has 2 fully saturated rings. The molecule has 7 heteroatoms. The zero-order valence-corrected chi connectivity index (χ0v) is 17.9. The lowest BCUT2D eigenvalue weighted by molar-refractivity contribution is 0.111. The van der Waals surface area contributed by atoms with Crippen molar-refractivity contribution in [2.24, 2.45) is 4.40 Å². The number of sulfonamides is 1. The second-order valence-corrected chi connectivity index (χ2v) is 10.1. The Morgan fingerprint density at radius 2 is 1.60 bits per heavy atom. The third-order valence-electron chi connectivity index (χ3n) is 6.30. The summed E-state index contributed by atoms with van der Waals surface area (Å²) in [5, 5.41) is 3.26. The summed E-state index contributed by atoms with van der Waals surface area (Å²) in [6, 6.07) is 18.7. The first-order valence-electron chi connectivity index (χ1n) is 10.8. The average Bonchev–Trinajstić information content (AvgIpc) is 3.58. The quantitative estimate of drug-likeness (QED) is 0.771. The Bertz CT molecular complexity index is 1030. The van der Waals surface area contributed by atoms with E-state index in [9.17, 15) is 8.42 Å². The summed E-state index contributed by atoms with van der Waals surface area (Å²) < 4.78 is 29.3. The number of anilines is 1. The van der Waals surface area contributed by atoms with Crippen molar-refractivity contribution in [2.45, 2.75) is 49.2 Å². The minimum Gasteiger partial charge on any atom is -0.341 e. The molecule has 5 rings (SSSR count). The van der Waals surface area contributed by atoms with Crippen LogP contribution < -0.4 is 5.32 Å². The SMILES string of the molecule is O=S1(=O)N=C(CN(C2CC2)C2CCN(Cc3ccccc3)CC2)Nc2ccccc21. The normalized spacial score (nSPS) is 21.7. The molecule has 2 aliphatic heterocycles. The van der Waals surface area contributed by atoms with Gasteiger partial charge in [0.1, 0.15) is 10.7 Å². The van der Waals surface area contributed by atoms with E-state index in [1.54, 1.807) is 12.1 Å². The molecule has 1 saturated carbocycles. The van der Waals surface area contributed by atoms with Crippen molar-refractivity contribution in [3.8, 4) is 0 Å². The van der Waals surface area contributed by atoms with E-state index in [0.29, 0.717) is 30.2 Å². The highest BCUT2D eigenvalue weighted by Crippen LogP contribution is 2.33. The van der Waals surface area contributed by atoms with Gasteiger partial charge in [-0.25, -0.2) is 0 Å². The van der Waals surface area contributed by atoms with Gasteiger partial charge in [0, 0.05) is 18.6 Å². The Kier molecular flexibility index (Phi) is 5.35. The van der Waals surface area contributed by atoms with Crippen LogP contribution in [0.2, 0.25) is 0 Å². The van der Waals surface area contributed by atoms with Gasteiger partial charge in [0.05, 0.1) is 12.2 Å². The van der Waals surface area contributed by atoms with E-state index in [-0.39, 0.29) is 4.90 Å². The van der Waals surface area contributed by atoms with Gasteiger partial charge in [-0.2, -0.15) is 8.42 Å². The van der Waals surface area contributed by atoms with Gasteiger partial charge >= 0.3 is 0 Å². The average molecular weight is 425 g/mol. The lowest BCUT2D eigenvalue weighted by Gasteiger charge is -2.39. The van der Waals surface area contributed by atoms with Crippen molar-refractivity contribution in [2.75, 3.05) is 25.0 Å². The number of amidine groups is 1. The highest BCUT2D eigenvalue weighted by molar-refractivity contribution is 7.90. The summed E-state index contributed by atoms with van der Waals surface area (Å²) in [6.45, 7) is 3.72. The van der Waals surface area contributed by atoms with Crippen LogP contribution in [-0.2, 0) is 16.6 Å². The van der Waals surface area contributed by atoms with E-state index in [1.165, 1.54) is 18.4 Å². The number of nitrogens with one attached hydrogen (secondary N) is 1. The number of rotatable bonds is 6. The molecule has 0 spiro atoms. The Balaban J connectivity index is 1.25. The number of hydrogen-bond donors (Lipinski definition) is 1. The number of nitrogens with zero attached hydrogens (tertiary/aromatic N) is 3. The summed E-state index contributed by atoms with van der Waals surface area (Å²) in [5.41, 5.74) is 2.00. The van der Waals surface area contributed by atoms with Crippen LogP contribution in [0.4, 0.5) is 5.69 Å². The first-order chi connectivity index (χ1) is 14.6. The molecule has 0 amide bonds. The fraction of sp³-hybridized carbons (Fsp3) is 0.435. The first-order valence-corrected chi connectivity index (χ1v) is 12.2. The largest absolute Gasteiger partial charge is 0.341 e. The van der Waals surface area contributed by atoms with E-state index in [0.717, 1.165) is 32.5 Å². The fourth-order valence-electron chi connectivity index (χ4n) is 4.62. The predicted molar refractivity (Wildman–Crippen MR) is 119 cm³/mol. The zero-order valence-electron chi connectivity index (χ0n) is 17.1. The molecular weight excluding hydrogens is 396 g/mol. The third kappa shape index (κ3) is 4.29. The van der Waals surface area contributed by atoms with E-state index in [2.05, 4.69) is 49.8 Å². The number of hydrogen-bond acceptors (Lipinski definition) is 5. The van der Waals surface area contributed by atoms with Crippen LogP contribution in [0.5, 0.6) is 0 Å². The van der Waals surface area contributed by atoms with E-state index in [4.69, 9.17) is 0 Å². The zero-order chi connectivity index (χ0) is 20.6. The van der Waals surface area contributed by atoms with Crippen LogP contribution in [-0.4, -0.2) is 55.8 Å². The minimum atomic E-state index is -3.63. The molecule has 2 aromatic rings. The van der Waals surface area contributed by atoms with Crippen LogP contribution >= 0.6 is 0 Å². The van der Waals surface area contributed by atoms with E-state index in [1.807, 2.05) is 12.1 Å². The Labute approximate surface area is 178 Å². The predicted octanol–water partition coefficient (Wildman–Crippen LogP) is 3.33. The van der Waals surface area contributed by atoms with E-state index < -0.39 is 10.0 Å². The smallest absolute Gasteiger partial charge is 0.286 e. The van der Waals surface area contributed by atoms with E-state index >= 15 is 0 Å². The van der Waals surface area contributed by atoms with Crippen molar-refractivity contribution in [3.63, 3.8) is 0 Å². The topological polar surface area (TPSA) is 65.0 Å². The van der Waals surface area contributed by atoms with Crippen molar-refractivity contribution in [3.05, 3.63) is 60.2 Å². The first kappa shape index (κ1) is 19.7. The van der Waals surface area contributed by atoms with Gasteiger partial charge in [-0.05, 0) is 56.5 Å². The molecule has 0 bridgehead atoms. The van der Waals surface area contributed by atoms with Crippen LogP contribution in [0.1, 0.15) is 31.2 Å². The number of likely N-dealkylation sites (tertiary alicyclic amines) is 1. The van der Waals surface area contributed by atoms with Gasteiger partial charge in [-0.1, -0.05) is 42.5 Å². The Hall–Kier alpha value is -2.22. The maximum absolute atomic E-state index is 12.6. The molecule has 158 valence electrons. The van der Waals surface area contributed by atoms with Crippen molar-refractivity contribution < 1.29 is 8.42 Å². The van der Waals surface area contributed by atoms with Gasteiger partial charge < -0.3 is 5.32 Å². The van der Waals surface area contributed by atoms with Gasteiger partial charge in [-0.3, -0.25) is 9.80 Å². The van der Waals surface area contributed by atoms with Crippen LogP contribution in [0.15, 0.2) is 63.9 Å². The Morgan fingerprint density at radius 1 is 0.933 bits per heavy atom. The van der Waals surface area contributed by atoms with Gasteiger partial charge in [0.25, 0.3) is 10.0 Å². The summed E-state index contributed by atoms with van der Waals surface area (Å²) in [7, 11) is -3.63. The fourth-order valence-corrected chi connectivity index (χ4v) is 5.76. The highest BCUT2D eigenvalue weighted by atomic mass is 32.2. The molecule has 2 heterocycles. The molecule has 1 N–H and O–H groups in total. The molecule has 0 atom stereocenters. The van der Waals surface area contributed by atoms with Crippen LogP contribution in [0, 0.1) is 0 Å². The van der Waals surface area contributed by atoms with Gasteiger partial charge in [-0.15, -0.1) is 4.40 Å². The molecule has 1 saturated heterocycles. The summed E-state index contributed by atoms with van der Waals surface area (Å²) >= 11 is 0. The van der Waals surface area contributed by atoms with Crippen LogP contribution in [0.3, 0.4) is 0 Å². The molecule has 1 aliphatic carbocycles. The monoisotopic (exact) mass is 424 g/mol. The molecule has 3 aliphatic rings. The minimum absolute atomic E-state index is 0.265. The number of benzene rings is 2. The van der Waals surface area contributed by atoms with Crippen molar-refractivity contribution in [1.82, 2.24) is 9.80 Å². The third-order valence-corrected chi connectivity index (χ3v) is 7.67. The maximum Gasteiger partial charge on any atom is 0.286 e. The summed E-state index contributed by atoms with van der Waals surface area (Å²) in [4.78, 5) is 5.28. The molecular formula is C23H28N4O2S. The van der Waals surface area contributed by atoms with Crippen molar-refractivity contribution >= 4 is 21.5 Å². The number of piperidine rings is 1. The molecule has 0 radical (unpaired) electrons. The summed E-state index contributed by atoms with van der Waals surface area (Å²) in [6.07, 6.45) is 4.61. The van der Waals surface area contributed by atoms with Crippen LogP contribution in [0.25, 0.3) is 0 Å². The lowest BCUT2D eigenvalue weighted by atomic mass is 10.0. The highest BCUT2D eigenvalue weighted by Gasteiger charge is 2.37. The standard InChI is InChI=1S/C23H28N4O2S/c28-30(29)22-9-5-4-8-21(22)24-23(25-30)17-27(19-10-11-19)20-12-14-26(15-13-20)16-18-6-2-1-3-7-18/h1-9,19-20H,10-17H2,(H,24,25). The Morgan fingerprint density at radius 3 is 2.33 bits per heavy atom. The molecule has 6 nitrogen and oxygen atoms in total. The maximum atomic E-state index is 12.6. The van der Waals surface area contributed by atoms with Crippen molar-refractivity contribution in [1.29, 1.82) is 0 Å². The molecule has 0 unspecified atom stereocenters. The van der Waals surface area contributed by atoms with Gasteiger partial charge in [0.2, 0.25) is 0 Å². The molecule has 2 aromatic carbocycles. The second-order valence-electron chi connectivity index (χ2n) is 8.53. The molecule has 0 aromatic heterocycles. The number of fused-ring (bicyclic) bond motifs is 1. The second kappa shape index (κ2) is 8.13. The molecule has 30 heavy (non-hydrogen) atoms.